The normalized spacial score (nSPS) is 29.2. The van der Waals surface area contributed by atoms with E-state index in [0.717, 1.165) is 25.8 Å². The van der Waals surface area contributed by atoms with Crippen LogP contribution in [0.4, 0.5) is 0 Å². The molecule has 0 saturated heterocycles. The van der Waals surface area contributed by atoms with Gasteiger partial charge in [0.15, 0.2) is 0 Å². The van der Waals surface area contributed by atoms with Crippen LogP contribution in [0.5, 0.6) is 0 Å². The summed E-state index contributed by atoms with van der Waals surface area (Å²) in [5, 5.41) is 13.7. The SMILES string of the molecule is CNC[C@@]1(c2ccc(C)cc2)CCCC[C@@H]1O. The lowest BCUT2D eigenvalue weighted by Gasteiger charge is -2.42. The number of likely N-dealkylation sites (N-methyl/N-ethyl adjacent to an activating group) is 1. The van der Waals surface area contributed by atoms with Gasteiger partial charge in [-0.1, -0.05) is 42.7 Å². The van der Waals surface area contributed by atoms with E-state index < -0.39 is 0 Å². The zero-order chi connectivity index (χ0) is 12.3. The van der Waals surface area contributed by atoms with Gasteiger partial charge in [0.2, 0.25) is 0 Å². The van der Waals surface area contributed by atoms with Gasteiger partial charge in [-0.25, -0.2) is 0 Å². The molecule has 0 aromatic heterocycles. The first kappa shape index (κ1) is 12.6. The van der Waals surface area contributed by atoms with Crippen LogP contribution in [0.25, 0.3) is 0 Å². The lowest BCUT2D eigenvalue weighted by Crippen LogP contribution is -2.48. The average molecular weight is 233 g/mol. The summed E-state index contributed by atoms with van der Waals surface area (Å²) in [7, 11) is 1.97. The maximum absolute atomic E-state index is 10.4. The number of aryl methyl sites for hydroxylation is 1. The van der Waals surface area contributed by atoms with Crippen molar-refractivity contribution in [3.63, 3.8) is 0 Å². The maximum atomic E-state index is 10.4. The molecule has 0 bridgehead atoms. The van der Waals surface area contributed by atoms with Crippen molar-refractivity contribution in [2.75, 3.05) is 13.6 Å². The second kappa shape index (κ2) is 5.19. The Morgan fingerprint density at radius 3 is 2.59 bits per heavy atom. The second-order valence-electron chi connectivity index (χ2n) is 5.31. The fourth-order valence-corrected chi connectivity index (χ4v) is 3.07. The Hall–Kier alpha value is -0.860. The third kappa shape index (κ3) is 2.38. The molecular formula is C15H23NO. The zero-order valence-corrected chi connectivity index (χ0v) is 10.9. The third-order valence-electron chi connectivity index (χ3n) is 4.11. The minimum atomic E-state index is -0.216. The van der Waals surface area contributed by atoms with Gasteiger partial charge < -0.3 is 10.4 Å². The van der Waals surface area contributed by atoms with Gasteiger partial charge in [0.25, 0.3) is 0 Å². The molecule has 2 nitrogen and oxygen atoms in total. The van der Waals surface area contributed by atoms with Gasteiger partial charge >= 0.3 is 0 Å². The van der Waals surface area contributed by atoms with Crippen molar-refractivity contribution in [3.8, 4) is 0 Å². The van der Waals surface area contributed by atoms with Crippen molar-refractivity contribution < 1.29 is 5.11 Å². The van der Waals surface area contributed by atoms with Gasteiger partial charge in [-0.2, -0.15) is 0 Å². The van der Waals surface area contributed by atoms with E-state index in [1.165, 1.54) is 17.5 Å². The van der Waals surface area contributed by atoms with E-state index in [9.17, 15) is 5.11 Å². The number of hydrogen-bond acceptors (Lipinski definition) is 2. The zero-order valence-electron chi connectivity index (χ0n) is 10.9. The van der Waals surface area contributed by atoms with E-state index in [4.69, 9.17) is 0 Å². The van der Waals surface area contributed by atoms with E-state index in [1.807, 2.05) is 7.05 Å². The van der Waals surface area contributed by atoms with Gasteiger partial charge in [-0.05, 0) is 32.4 Å². The van der Waals surface area contributed by atoms with Gasteiger partial charge in [-0.3, -0.25) is 0 Å². The molecule has 0 spiro atoms. The molecule has 1 aromatic rings. The van der Waals surface area contributed by atoms with Crippen LogP contribution >= 0.6 is 0 Å². The average Bonchev–Trinajstić information content (AvgIpc) is 2.33. The van der Waals surface area contributed by atoms with E-state index in [2.05, 4.69) is 36.5 Å². The molecule has 2 rings (SSSR count). The van der Waals surface area contributed by atoms with Crippen LogP contribution < -0.4 is 5.32 Å². The predicted molar refractivity (Wildman–Crippen MR) is 71.3 cm³/mol. The molecule has 1 saturated carbocycles. The topological polar surface area (TPSA) is 32.3 Å². The quantitative estimate of drug-likeness (QED) is 0.840. The maximum Gasteiger partial charge on any atom is 0.0649 e. The Bertz CT molecular complexity index is 356. The molecule has 1 aliphatic rings. The van der Waals surface area contributed by atoms with E-state index in [0.29, 0.717) is 0 Å². The molecule has 1 fully saturated rings. The molecule has 1 aromatic carbocycles. The molecule has 17 heavy (non-hydrogen) atoms. The molecule has 0 heterocycles. The number of benzene rings is 1. The first-order chi connectivity index (χ1) is 8.19. The predicted octanol–water partition coefficient (Wildman–Crippen LogP) is 2.39. The Balaban J connectivity index is 2.35. The largest absolute Gasteiger partial charge is 0.392 e. The monoisotopic (exact) mass is 233 g/mol. The van der Waals surface area contributed by atoms with Crippen molar-refractivity contribution in [1.82, 2.24) is 5.32 Å². The third-order valence-corrected chi connectivity index (χ3v) is 4.11. The summed E-state index contributed by atoms with van der Waals surface area (Å²) >= 11 is 0. The summed E-state index contributed by atoms with van der Waals surface area (Å²) < 4.78 is 0. The molecule has 2 N–H and O–H groups in total. The number of aliphatic hydroxyl groups excluding tert-OH is 1. The van der Waals surface area contributed by atoms with Crippen LogP contribution in [0.3, 0.4) is 0 Å². The van der Waals surface area contributed by atoms with E-state index >= 15 is 0 Å². The summed E-state index contributed by atoms with van der Waals surface area (Å²) in [6, 6.07) is 8.66. The smallest absolute Gasteiger partial charge is 0.0649 e. The minimum Gasteiger partial charge on any atom is -0.392 e. The van der Waals surface area contributed by atoms with Gasteiger partial charge in [0.05, 0.1) is 6.10 Å². The fourth-order valence-electron chi connectivity index (χ4n) is 3.07. The van der Waals surface area contributed by atoms with Crippen molar-refractivity contribution in [2.45, 2.75) is 44.1 Å². The van der Waals surface area contributed by atoms with Crippen LogP contribution in [0.15, 0.2) is 24.3 Å². The minimum absolute atomic E-state index is 0.0826. The standard InChI is InChI=1S/C15H23NO/c1-12-6-8-13(9-7-12)15(11-16-2)10-4-3-5-14(15)17/h6-9,14,16-17H,3-5,10-11H2,1-2H3/t14-,15+/m0/s1. The second-order valence-corrected chi connectivity index (χ2v) is 5.31. The number of hydrogen-bond donors (Lipinski definition) is 2. The van der Waals surface area contributed by atoms with Gasteiger partial charge in [0.1, 0.15) is 0 Å². The van der Waals surface area contributed by atoms with Gasteiger partial charge in [0, 0.05) is 12.0 Å². The van der Waals surface area contributed by atoms with E-state index in [1.54, 1.807) is 0 Å². The highest BCUT2D eigenvalue weighted by molar-refractivity contribution is 5.31. The first-order valence-corrected chi connectivity index (χ1v) is 6.59. The van der Waals surface area contributed by atoms with Crippen molar-refractivity contribution in [3.05, 3.63) is 35.4 Å². The number of aliphatic hydroxyl groups is 1. The summed E-state index contributed by atoms with van der Waals surface area (Å²) in [5.74, 6) is 0. The molecule has 94 valence electrons. The highest BCUT2D eigenvalue weighted by Gasteiger charge is 2.40. The Morgan fingerprint density at radius 2 is 2.00 bits per heavy atom. The highest BCUT2D eigenvalue weighted by Crippen LogP contribution is 2.39. The lowest BCUT2D eigenvalue weighted by molar-refractivity contribution is 0.0424. The first-order valence-electron chi connectivity index (χ1n) is 6.59. The molecule has 0 unspecified atom stereocenters. The highest BCUT2D eigenvalue weighted by atomic mass is 16.3. The van der Waals surface area contributed by atoms with Crippen LogP contribution in [-0.2, 0) is 5.41 Å². The van der Waals surface area contributed by atoms with Crippen LogP contribution in [0.1, 0.15) is 36.8 Å². The van der Waals surface area contributed by atoms with Crippen molar-refractivity contribution in [2.24, 2.45) is 0 Å². The summed E-state index contributed by atoms with van der Waals surface area (Å²) in [6.07, 6.45) is 4.16. The fraction of sp³-hybridized carbons (Fsp3) is 0.600. The molecule has 0 amide bonds. The van der Waals surface area contributed by atoms with Crippen LogP contribution in [-0.4, -0.2) is 24.8 Å². The Kier molecular flexibility index (Phi) is 3.85. The van der Waals surface area contributed by atoms with Crippen molar-refractivity contribution >= 4 is 0 Å². The number of nitrogens with one attached hydrogen (secondary N) is 1. The molecule has 2 atom stereocenters. The van der Waals surface area contributed by atoms with Gasteiger partial charge in [-0.15, -0.1) is 0 Å². The Labute approximate surface area is 104 Å². The molecular weight excluding hydrogens is 210 g/mol. The lowest BCUT2D eigenvalue weighted by atomic mass is 9.67. The number of rotatable bonds is 3. The van der Waals surface area contributed by atoms with Crippen LogP contribution in [0.2, 0.25) is 0 Å². The Morgan fingerprint density at radius 1 is 1.29 bits per heavy atom. The van der Waals surface area contributed by atoms with Crippen molar-refractivity contribution in [1.29, 1.82) is 0 Å². The molecule has 1 aliphatic carbocycles. The molecule has 2 heteroatoms. The van der Waals surface area contributed by atoms with Crippen LogP contribution in [0, 0.1) is 6.92 Å². The molecule has 0 radical (unpaired) electrons. The molecule has 0 aliphatic heterocycles. The van der Waals surface area contributed by atoms with E-state index in [-0.39, 0.29) is 11.5 Å². The summed E-state index contributed by atoms with van der Waals surface area (Å²) in [5.41, 5.74) is 2.48. The summed E-state index contributed by atoms with van der Waals surface area (Å²) in [4.78, 5) is 0. The summed E-state index contributed by atoms with van der Waals surface area (Å²) in [6.45, 7) is 2.96.